The molecule has 0 fully saturated rings. The molecule has 0 saturated carbocycles. The number of nitrogens with zero attached hydrogens (tertiary/aromatic N) is 2. The zero-order valence-electron chi connectivity index (χ0n) is 11.7. The van der Waals surface area contributed by atoms with Crippen molar-refractivity contribution < 1.29 is 0 Å². The molecule has 1 aromatic carbocycles. The summed E-state index contributed by atoms with van der Waals surface area (Å²) in [6.07, 6.45) is 0.922. The predicted octanol–water partition coefficient (Wildman–Crippen LogP) is 2.23. The number of para-hydroxylation sites is 1. The highest BCUT2D eigenvalue weighted by atomic mass is 16.2. The molecule has 1 heterocycles. The maximum Gasteiger partial charge on any atom is 0.331 e. The highest BCUT2D eigenvalue weighted by Crippen LogP contribution is 2.09. The van der Waals surface area contributed by atoms with Crippen molar-refractivity contribution in [1.82, 2.24) is 9.13 Å². The van der Waals surface area contributed by atoms with Gasteiger partial charge in [0.1, 0.15) is 0 Å². The van der Waals surface area contributed by atoms with Gasteiger partial charge in [0.25, 0.3) is 5.56 Å². The first-order valence-electron chi connectivity index (χ1n) is 6.78. The normalized spacial score (nSPS) is 11.4. The van der Waals surface area contributed by atoms with Crippen LogP contribution in [-0.2, 0) is 13.1 Å². The Labute approximate surface area is 112 Å². The van der Waals surface area contributed by atoms with Crippen LogP contribution in [-0.4, -0.2) is 9.13 Å². The second-order valence-corrected chi connectivity index (χ2v) is 5.18. The molecule has 0 radical (unpaired) electrons. The van der Waals surface area contributed by atoms with Gasteiger partial charge >= 0.3 is 5.69 Å². The topological polar surface area (TPSA) is 44.0 Å². The first kappa shape index (κ1) is 13.6. The van der Waals surface area contributed by atoms with Gasteiger partial charge in [0, 0.05) is 13.1 Å². The third-order valence-electron chi connectivity index (χ3n) is 3.38. The summed E-state index contributed by atoms with van der Waals surface area (Å²) in [5.41, 5.74) is 0.346. The molecule has 4 heteroatoms. The van der Waals surface area contributed by atoms with E-state index >= 15 is 0 Å². The van der Waals surface area contributed by atoms with Crippen molar-refractivity contribution in [3.63, 3.8) is 0 Å². The van der Waals surface area contributed by atoms with E-state index in [1.54, 1.807) is 10.6 Å². The van der Waals surface area contributed by atoms with Crippen LogP contribution in [0.1, 0.15) is 27.2 Å². The molecule has 0 spiro atoms. The zero-order valence-corrected chi connectivity index (χ0v) is 11.7. The summed E-state index contributed by atoms with van der Waals surface area (Å²) < 4.78 is 3.03. The average Bonchev–Trinajstić information content (AvgIpc) is 2.39. The lowest BCUT2D eigenvalue weighted by atomic mass is 10.1. The number of fused-ring (bicyclic) bond motifs is 1. The lowest BCUT2D eigenvalue weighted by Gasteiger charge is -2.14. The van der Waals surface area contributed by atoms with Crippen molar-refractivity contribution in [2.24, 2.45) is 5.92 Å². The lowest BCUT2D eigenvalue weighted by Crippen LogP contribution is -2.39. The number of aryl methyl sites for hydroxylation is 1. The highest BCUT2D eigenvalue weighted by Gasteiger charge is 2.11. The molecule has 0 aliphatic carbocycles. The number of hydrogen-bond donors (Lipinski definition) is 0. The first-order chi connectivity index (χ1) is 9.06. The van der Waals surface area contributed by atoms with Gasteiger partial charge in [0.05, 0.1) is 10.9 Å². The van der Waals surface area contributed by atoms with Gasteiger partial charge < -0.3 is 0 Å². The summed E-state index contributed by atoms with van der Waals surface area (Å²) in [4.78, 5) is 24.6. The van der Waals surface area contributed by atoms with Crippen LogP contribution in [0.4, 0.5) is 0 Å². The Kier molecular flexibility index (Phi) is 3.88. The molecule has 0 saturated heterocycles. The van der Waals surface area contributed by atoms with Crippen LogP contribution in [0.5, 0.6) is 0 Å². The SMILES string of the molecule is CCn1c(=O)c2ccccc2n(CCC(C)C)c1=O. The molecular weight excluding hydrogens is 240 g/mol. The lowest BCUT2D eigenvalue weighted by molar-refractivity contribution is 0.495. The molecule has 19 heavy (non-hydrogen) atoms. The summed E-state index contributed by atoms with van der Waals surface area (Å²) in [6, 6.07) is 7.33. The van der Waals surface area contributed by atoms with E-state index in [9.17, 15) is 9.59 Å². The molecule has 4 nitrogen and oxygen atoms in total. The molecule has 102 valence electrons. The third-order valence-corrected chi connectivity index (χ3v) is 3.38. The van der Waals surface area contributed by atoms with Crippen molar-refractivity contribution >= 4 is 10.9 Å². The van der Waals surface area contributed by atoms with Crippen molar-refractivity contribution in [3.8, 4) is 0 Å². The Morgan fingerprint density at radius 3 is 2.42 bits per heavy atom. The predicted molar refractivity (Wildman–Crippen MR) is 77.6 cm³/mol. The van der Waals surface area contributed by atoms with Gasteiger partial charge in [0.2, 0.25) is 0 Å². The van der Waals surface area contributed by atoms with Crippen molar-refractivity contribution in [2.75, 3.05) is 0 Å². The molecule has 2 rings (SSSR count). The Morgan fingerprint density at radius 1 is 1.11 bits per heavy atom. The smallest absolute Gasteiger partial charge is 0.293 e. The fourth-order valence-corrected chi connectivity index (χ4v) is 2.25. The summed E-state index contributed by atoms with van der Waals surface area (Å²) in [5, 5.41) is 0.618. The molecule has 1 aromatic heterocycles. The number of rotatable bonds is 4. The molecule has 0 unspecified atom stereocenters. The van der Waals surface area contributed by atoms with E-state index in [2.05, 4.69) is 13.8 Å². The maximum absolute atomic E-state index is 12.4. The fraction of sp³-hybridized carbons (Fsp3) is 0.467. The van der Waals surface area contributed by atoms with Gasteiger partial charge in [0.15, 0.2) is 0 Å². The molecule has 0 bridgehead atoms. The molecule has 0 aliphatic heterocycles. The Morgan fingerprint density at radius 2 is 1.79 bits per heavy atom. The largest absolute Gasteiger partial charge is 0.331 e. The minimum atomic E-state index is -0.202. The van der Waals surface area contributed by atoms with Crippen molar-refractivity contribution in [2.45, 2.75) is 40.3 Å². The second-order valence-electron chi connectivity index (χ2n) is 5.18. The van der Waals surface area contributed by atoms with Gasteiger partial charge in [-0.2, -0.15) is 0 Å². The van der Waals surface area contributed by atoms with Gasteiger partial charge in [-0.1, -0.05) is 26.0 Å². The number of benzene rings is 1. The molecule has 0 atom stereocenters. The minimum absolute atomic E-state index is 0.191. The molecule has 0 amide bonds. The number of hydrogen-bond acceptors (Lipinski definition) is 2. The van der Waals surface area contributed by atoms with Gasteiger partial charge in [-0.05, 0) is 31.4 Å². The minimum Gasteiger partial charge on any atom is -0.293 e. The van der Waals surface area contributed by atoms with Crippen LogP contribution in [0.25, 0.3) is 10.9 Å². The first-order valence-corrected chi connectivity index (χ1v) is 6.78. The van der Waals surface area contributed by atoms with Crippen molar-refractivity contribution in [3.05, 3.63) is 45.1 Å². The standard InChI is InChI=1S/C15H20N2O2/c1-4-16-14(18)12-7-5-6-8-13(12)17(15(16)19)10-9-11(2)3/h5-8,11H,4,9-10H2,1-3H3. The molecule has 0 N–H and O–H groups in total. The Balaban J connectivity index is 2.73. The van der Waals surface area contributed by atoms with Crippen LogP contribution in [0.3, 0.4) is 0 Å². The third kappa shape index (κ3) is 2.48. The van der Waals surface area contributed by atoms with Crippen molar-refractivity contribution in [1.29, 1.82) is 0 Å². The fourth-order valence-electron chi connectivity index (χ4n) is 2.25. The van der Waals surface area contributed by atoms with Gasteiger partial charge in [-0.15, -0.1) is 0 Å². The molecule has 0 aliphatic rings. The highest BCUT2D eigenvalue weighted by molar-refractivity contribution is 5.77. The average molecular weight is 260 g/mol. The summed E-state index contributed by atoms with van der Waals surface area (Å²) in [6.45, 7) is 7.14. The van der Waals surface area contributed by atoms with Crippen LogP contribution >= 0.6 is 0 Å². The zero-order chi connectivity index (χ0) is 14.0. The quantitative estimate of drug-likeness (QED) is 0.846. The summed E-state index contributed by atoms with van der Waals surface area (Å²) >= 11 is 0. The molecule has 2 aromatic rings. The van der Waals surface area contributed by atoms with E-state index in [1.807, 2.05) is 25.1 Å². The van der Waals surface area contributed by atoms with E-state index in [1.165, 1.54) is 4.57 Å². The monoisotopic (exact) mass is 260 g/mol. The maximum atomic E-state index is 12.4. The van der Waals surface area contributed by atoms with E-state index in [0.29, 0.717) is 24.4 Å². The Hall–Kier alpha value is -1.84. The van der Waals surface area contributed by atoms with E-state index < -0.39 is 0 Å². The van der Waals surface area contributed by atoms with E-state index in [-0.39, 0.29) is 11.2 Å². The molecular formula is C15H20N2O2. The van der Waals surface area contributed by atoms with Crippen LogP contribution in [0, 0.1) is 5.92 Å². The summed E-state index contributed by atoms with van der Waals surface area (Å²) in [7, 11) is 0. The van der Waals surface area contributed by atoms with Crippen LogP contribution in [0.15, 0.2) is 33.9 Å². The van der Waals surface area contributed by atoms with Gasteiger partial charge in [-0.3, -0.25) is 13.9 Å². The van der Waals surface area contributed by atoms with Crippen LogP contribution < -0.4 is 11.2 Å². The van der Waals surface area contributed by atoms with Gasteiger partial charge in [-0.25, -0.2) is 4.79 Å². The van der Waals surface area contributed by atoms with E-state index in [4.69, 9.17) is 0 Å². The van der Waals surface area contributed by atoms with Crippen LogP contribution in [0.2, 0.25) is 0 Å². The summed E-state index contributed by atoms with van der Waals surface area (Å²) in [5.74, 6) is 0.521. The second kappa shape index (κ2) is 5.43. The number of aromatic nitrogens is 2. The van der Waals surface area contributed by atoms with E-state index in [0.717, 1.165) is 11.9 Å². The Bertz CT molecular complexity index is 695.